The second kappa shape index (κ2) is 12.7. The van der Waals surface area contributed by atoms with Crippen LogP contribution in [0, 0.1) is 13.8 Å². The van der Waals surface area contributed by atoms with E-state index in [-0.39, 0.29) is 5.56 Å². The summed E-state index contributed by atoms with van der Waals surface area (Å²) in [6, 6.07) is 33.9. The Balaban J connectivity index is 1.51. The Hall–Kier alpha value is -4.59. The first-order valence-corrected chi connectivity index (χ1v) is 14.8. The first-order valence-electron chi connectivity index (χ1n) is 14.4. The number of pyridine rings is 1. The number of H-pyrrole nitrogens is 1. The molecule has 0 aliphatic carbocycles. The molecule has 6 rings (SSSR count). The maximum Gasteiger partial charge on any atom is 0.253 e. The zero-order valence-electron chi connectivity index (χ0n) is 24.2. The highest BCUT2D eigenvalue weighted by Gasteiger charge is 2.31. The first kappa shape index (κ1) is 28.5. The van der Waals surface area contributed by atoms with Gasteiger partial charge in [-0.2, -0.15) is 0 Å². The first-order chi connectivity index (χ1) is 21.0. The molecule has 4 aromatic carbocycles. The molecule has 1 atom stereocenters. The predicted octanol–water partition coefficient (Wildman–Crippen LogP) is 6.82. The summed E-state index contributed by atoms with van der Waals surface area (Å²) in [6.07, 6.45) is 0.751. The summed E-state index contributed by atoms with van der Waals surface area (Å²) in [6.45, 7) is 5.73. The van der Waals surface area contributed by atoms with Gasteiger partial charge in [-0.25, -0.2) is 4.68 Å². The molecule has 1 unspecified atom stereocenters. The van der Waals surface area contributed by atoms with Crippen molar-refractivity contribution in [2.24, 2.45) is 0 Å². The molecule has 7 nitrogen and oxygen atoms in total. The van der Waals surface area contributed by atoms with Gasteiger partial charge in [-0.15, -0.1) is 5.10 Å². The van der Waals surface area contributed by atoms with Crippen molar-refractivity contribution in [2.75, 3.05) is 0 Å². The van der Waals surface area contributed by atoms with Crippen molar-refractivity contribution in [3.8, 4) is 0 Å². The van der Waals surface area contributed by atoms with Gasteiger partial charge >= 0.3 is 0 Å². The minimum atomic E-state index is -0.558. The monoisotopic (exact) mass is 588 g/mol. The van der Waals surface area contributed by atoms with Gasteiger partial charge in [-0.3, -0.25) is 9.69 Å². The van der Waals surface area contributed by atoms with Gasteiger partial charge in [0.1, 0.15) is 6.04 Å². The number of aromatic nitrogens is 5. The molecule has 0 saturated carbocycles. The molecule has 6 aromatic rings. The average Bonchev–Trinajstić information content (AvgIpc) is 3.48. The molecule has 2 heterocycles. The van der Waals surface area contributed by atoms with Crippen molar-refractivity contribution < 1.29 is 0 Å². The molecule has 0 bridgehead atoms. The van der Waals surface area contributed by atoms with E-state index in [4.69, 9.17) is 11.6 Å². The lowest BCUT2D eigenvalue weighted by Gasteiger charge is -2.31. The number of rotatable bonds is 10. The summed E-state index contributed by atoms with van der Waals surface area (Å²) in [7, 11) is 0. The Morgan fingerprint density at radius 3 is 2.26 bits per heavy atom. The van der Waals surface area contributed by atoms with E-state index in [1.165, 1.54) is 5.56 Å². The molecule has 0 aliphatic heterocycles. The molecule has 43 heavy (non-hydrogen) atoms. The van der Waals surface area contributed by atoms with Crippen molar-refractivity contribution >= 4 is 22.5 Å². The van der Waals surface area contributed by atoms with Crippen molar-refractivity contribution in [1.29, 1.82) is 0 Å². The quantitative estimate of drug-likeness (QED) is 0.190. The summed E-state index contributed by atoms with van der Waals surface area (Å²) in [5.74, 6) is 0.604. The number of halogens is 1. The normalized spacial score (nSPS) is 12.2. The van der Waals surface area contributed by atoms with Gasteiger partial charge in [0.25, 0.3) is 5.56 Å². The maximum absolute atomic E-state index is 13.9. The van der Waals surface area contributed by atoms with Gasteiger partial charge in [0, 0.05) is 35.7 Å². The summed E-state index contributed by atoms with van der Waals surface area (Å²) in [4.78, 5) is 19.3. The number of nitrogens with zero attached hydrogens (tertiary/aromatic N) is 5. The fourth-order valence-corrected chi connectivity index (χ4v) is 5.74. The lowest BCUT2D eigenvalue weighted by molar-refractivity contribution is 0.193. The summed E-state index contributed by atoms with van der Waals surface area (Å²) in [5.41, 5.74) is 6.74. The second-order valence-corrected chi connectivity index (χ2v) is 11.4. The minimum Gasteiger partial charge on any atom is -0.322 e. The molecule has 0 saturated heterocycles. The number of benzene rings is 4. The highest BCUT2D eigenvalue weighted by molar-refractivity contribution is 6.31. The third-order valence-electron chi connectivity index (χ3n) is 7.97. The highest BCUT2D eigenvalue weighted by atomic mass is 35.5. The Bertz CT molecular complexity index is 1900. The number of aromatic amines is 1. The molecule has 0 amide bonds. The van der Waals surface area contributed by atoms with Crippen LogP contribution in [0.4, 0.5) is 0 Å². The summed E-state index contributed by atoms with van der Waals surface area (Å²) in [5, 5.41) is 14.7. The lowest BCUT2D eigenvalue weighted by Crippen LogP contribution is -2.35. The number of aryl methyl sites for hydroxylation is 4. The maximum atomic E-state index is 13.9. The van der Waals surface area contributed by atoms with Crippen molar-refractivity contribution in [2.45, 2.75) is 45.9 Å². The molecule has 0 fully saturated rings. The summed E-state index contributed by atoms with van der Waals surface area (Å²) >= 11 is 6.70. The van der Waals surface area contributed by atoms with E-state index in [1.807, 2.05) is 77.5 Å². The SMILES string of the molecule is Cc1cc2cc(C(c3nnnn3CCc3ccccc3)N(Cc3ccccc3)Cc3ccccc3Cl)c(=O)[nH]c2cc1C. The van der Waals surface area contributed by atoms with Crippen LogP contribution < -0.4 is 5.56 Å². The molecule has 0 aliphatic rings. The van der Waals surface area contributed by atoms with Crippen LogP contribution in [0.3, 0.4) is 0 Å². The summed E-state index contributed by atoms with van der Waals surface area (Å²) < 4.78 is 1.83. The van der Waals surface area contributed by atoms with Crippen molar-refractivity contribution in [3.05, 3.63) is 158 Å². The Kier molecular flexibility index (Phi) is 8.45. The molecular formula is C35H33ClN6O. The molecule has 1 N–H and O–H groups in total. The third-order valence-corrected chi connectivity index (χ3v) is 8.33. The van der Waals surface area contributed by atoms with Crippen LogP contribution in [0.1, 0.15) is 45.2 Å². The van der Waals surface area contributed by atoms with E-state index in [0.717, 1.165) is 39.6 Å². The van der Waals surface area contributed by atoms with E-state index >= 15 is 0 Å². The minimum absolute atomic E-state index is 0.171. The lowest BCUT2D eigenvalue weighted by atomic mass is 9.99. The average molecular weight is 589 g/mol. The Labute approximate surface area is 255 Å². The molecule has 216 valence electrons. The molecular weight excluding hydrogens is 556 g/mol. The smallest absolute Gasteiger partial charge is 0.253 e. The van der Waals surface area contributed by atoms with Crippen LogP contribution in [0.15, 0.2) is 108 Å². The molecule has 8 heteroatoms. The molecule has 0 radical (unpaired) electrons. The van der Waals surface area contributed by atoms with Crippen LogP contribution >= 0.6 is 11.6 Å². The number of nitrogens with one attached hydrogen (secondary N) is 1. The number of tetrazole rings is 1. The van der Waals surface area contributed by atoms with Crippen LogP contribution in [-0.4, -0.2) is 30.1 Å². The number of fused-ring (bicyclic) bond motifs is 1. The third kappa shape index (κ3) is 6.43. The van der Waals surface area contributed by atoms with E-state index in [0.29, 0.717) is 36.0 Å². The fraction of sp³-hybridized carbons (Fsp3) is 0.200. The van der Waals surface area contributed by atoms with Crippen LogP contribution in [0.2, 0.25) is 5.02 Å². The number of hydrogen-bond acceptors (Lipinski definition) is 5. The van der Waals surface area contributed by atoms with Crippen LogP contribution in [-0.2, 0) is 26.1 Å². The van der Waals surface area contributed by atoms with Gasteiger partial charge in [-0.05, 0) is 88.2 Å². The van der Waals surface area contributed by atoms with E-state index in [1.54, 1.807) is 0 Å². The van der Waals surface area contributed by atoms with Gasteiger partial charge in [0.05, 0.1) is 0 Å². The van der Waals surface area contributed by atoms with Crippen molar-refractivity contribution in [3.63, 3.8) is 0 Å². The van der Waals surface area contributed by atoms with Gasteiger partial charge in [0.15, 0.2) is 5.82 Å². The van der Waals surface area contributed by atoms with Gasteiger partial charge < -0.3 is 4.98 Å². The van der Waals surface area contributed by atoms with E-state index in [2.05, 4.69) is 69.6 Å². The fourth-order valence-electron chi connectivity index (χ4n) is 5.54. The van der Waals surface area contributed by atoms with E-state index in [9.17, 15) is 4.79 Å². The number of hydrogen-bond donors (Lipinski definition) is 1. The van der Waals surface area contributed by atoms with E-state index < -0.39 is 6.04 Å². The van der Waals surface area contributed by atoms with Crippen molar-refractivity contribution in [1.82, 2.24) is 30.1 Å². The zero-order valence-corrected chi connectivity index (χ0v) is 25.0. The van der Waals surface area contributed by atoms with Crippen LogP contribution in [0.25, 0.3) is 10.9 Å². The second-order valence-electron chi connectivity index (χ2n) is 11.0. The Morgan fingerprint density at radius 2 is 1.51 bits per heavy atom. The predicted molar refractivity (Wildman–Crippen MR) is 171 cm³/mol. The highest BCUT2D eigenvalue weighted by Crippen LogP contribution is 2.32. The topological polar surface area (TPSA) is 79.7 Å². The Morgan fingerprint density at radius 1 is 0.837 bits per heavy atom. The van der Waals surface area contributed by atoms with Gasteiger partial charge in [-0.1, -0.05) is 90.5 Å². The molecule has 0 spiro atoms. The zero-order chi connectivity index (χ0) is 29.8. The van der Waals surface area contributed by atoms with Crippen LogP contribution in [0.5, 0.6) is 0 Å². The van der Waals surface area contributed by atoms with Gasteiger partial charge in [0.2, 0.25) is 0 Å². The standard InChI is InChI=1S/C35H33ClN6O/c1-24-19-29-21-30(35(43)37-32(29)20-25(24)2)33(34-38-39-40-42(34)18-17-26-11-5-3-6-12-26)41(22-27-13-7-4-8-14-27)23-28-15-9-10-16-31(28)36/h3-16,19-21,33H,17-18,22-23H2,1-2H3,(H,37,43). The largest absolute Gasteiger partial charge is 0.322 e. The molecule has 2 aromatic heterocycles.